The molecule has 0 unspecified atom stereocenters. The molecule has 0 atom stereocenters. The number of aromatic nitrogens is 1. The molecule has 1 N–H and O–H groups in total. The van der Waals surface area contributed by atoms with Crippen LogP contribution in [-0.4, -0.2) is 42.4 Å². The zero-order valence-electron chi connectivity index (χ0n) is 10.7. The van der Waals surface area contributed by atoms with Crippen molar-refractivity contribution in [2.24, 2.45) is 0 Å². The second-order valence-corrected chi connectivity index (χ2v) is 4.62. The van der Waals surface area contributed by atoms with E-state index in [4.69, 9.17) is 9.84 Å². The number of aromatic carboxylic acids is 1. The Morgan fingerprint density at radius 1 is 1.44 bits per heavy atom. The van der Waals surface area contributed by atoms with Gasteiger partial charge in [-0.05, 0) is 31.9 Å². The standard InChI is InChI=1S/C13H18N2O3/c1-9-7-10(13(16)17)8-12(14-9)15(2)11-3-5-18-6-4-11/h7-8,11H,3-6H2,1-2H3,(H,16,17). The quantitative estimate of drug-likeness (QED) is 0.884. The van der Waals surface area contributed by atoms with Gasteiger partial charge < -0.3 is 14.7 Å². The summed E-state index contributed by atoms with van der Waals surface area (Å²) in [6, 6.07) is 3.59. The van der Waals surface area contributed by atoms with E-state index in [-0.39, 0.29) is 5.56 Å². The molecular formula is C13H18N2O3. The topological polar surface area (TPSA) is 62.7 Å². The summed E-state index contributed by atoms with van der Waals surface area (Å²) in [5.74, 6) is -0.193. The highest BCUT2D eigenvalue weighted by atomic mass is 16.5. The first-order chi connectivity index (χ1) is 8.58. The van der Waals surface area contributed by atoms with Gasteiger partial charge in [-0.25, -0.2) is 9.78 Å². The number of ether oxygens (including phenoxy) is 1. The summed E-state index contributed by atoms with van der Waals surface area (Å²) in [6.45, 7) is 3.33. The van der Waals surface area contributed by atoms with Crippen LogP contribution in [0.5, 0.6) is 0 Å². The Kier molecular flexibility index (Phi) is 3.81. The lowest BCUT2D eigenvalue weighted by atomic mass is 10.1. The molecule has 1 saturated heterocycles. The molecule has 0 amide bonds. The van der Waals surface area contributed by atoms with Crippen molar-refractivity contribution < 1.29 is 14.6 Å². The van der Waals surface area contributed by atoms with Crippen LogP contribution >= 0.6 is 0 Å². The summed E-state index contributed by atoms with van der Waals surface area (Å²) in [6.07, 6.45) is 1.91. The minimum Gasteiger partial charge on any atom is -0.478 e. The monoisotopic (exact) mass is 250 g/mol. The van der Waals surface area contributed by atoms with Gasteiger partial charge in [-0.15, -0.1) is 0 Å². The van der Waals surface area contributed by atoms with E-state index in [1.165, 1.54) is 0 Å². The Hall–Kier alpha value is -1.62. The van der Waals surface area contributed by atoms with E-state index >= 15 is 0 Å². The highest BCUT2D eigenvalue weighted by Gasteiger charge is 2.20. The molecule has 1 aromatic heterocycles. The fraction of sp³-hybridized carbons (Fsp3) is 0.538. The van der Waals surface area contributed by atoms with Gasteiger partial charge in [0.05, 0.1) is 5.56 Å². The molecule has 2 rings (SSSR count). The van der Waals surface area contributed by atoms with E-state index < -0.39 is 5.97 Å². The summed E-state index contributed by atoms with van der Waals surface area (Å²) in [5, 5.41) is 9.06. The number of carbonyl (C=O) groups is 1. The number of aryl methyl sites for hydroxylation is 1. The predicted octanol–water partition coefficient (Wildman–Crippen LogP) is 1.70. The van der Waals surface area contributed by atoms with Gasteiger partial charge >= 0.3 is 5.97 Å². The molecule has 2 heterocycles. The number of anilines is 1. The van der Waals surface area contributed by atoms with Gasteiger partial charge in [0.25, 0.3) is 0 Å². The maximum Gasteiger partial charge on any atom is 0.335 e. The average Bonchev–Trinajstić information content (AvgIpc) is 2.38. The zero-order chi connectivity index (χ0) is 13.1. The summed E-state index contributed by atoms with van der Waals surface area (Å²) < 4.78 is 5.33. The number of nitrogens with zero attached hydrogens (tertiary/aromatic N) is 2. The van der Waals surface area contributed by atoms with Crippen molar-refractivity contribution in [3.05, 3.63) is 23.4 Å². The van der Waals surface area contributed by atoms with Gasteiger partial charge in [-0.1, -0.05) is 0 Å². The number of hydrogen-bond donors (Lipinski definition) is 1. The second-order valence-electron chi connectivity index (χ2n) is 4.62. The molecule has 0 bridgehead atoms. The molecule has 0 spiro atoms. The van der Waals surface area contributed by atoms with Crippen molar-refractivity contribution in [1.29, 1.82) is 0 Å². The summed E-state index contributed by atoms with van der Waals surface area (Å²) in [5.41, 5.74) is 1.01. The van der Waals surface area contributed by atoms with Crippen LogP contribution < -0.4 is 4.90 Å². The number of carboxylic acids is 1. The Balaban J connectivity index is 2.23. The Morgan fingerprint density at radius 2 is 2.11 bits per heavy atom. The van der Waals surface area contributed by atoms with Gasteiger partial charge in [0.1, 0.15) is 5.82 Å². The SMILES string of the molecule is Cc1cc(C(=O)O)cc(N(C)C2CCOCC2)n1. The molecule has 5 heteroatoms. The highest BCUT2D eigenvalue weighted by molar-refractivity contribution is 5.88. The normalized spacial score (nSPS) is 16.6. The first-order valence-corrected chi connectivity index (χ1v) is 6.10. The molecule has 98 valence electrons. The molecule has 1 aromatic rings. The van der Waals surface area contributed by atoms with Crippen molar-refractivity contribution >= 4 is 11.8 Å². The predicted molar refractivity (Wildman–Crippen MR) is 68.2 cm³/mol. The highest BCUT2D eigenvalue weighted by Crippen LogP contribution is 2.21. The first kappa shape index (κ1) is 12.8. The molecule has 5 nitrogen and oxygen atoms in total. The van der Waals surface area contributed by atoms with Gasteiger partial charge in [0.15, 0.2) is 0 Å². The molecule has 1 aliphatic heterocycles. The summed E-state index contributed by atoms with van der Waals surface area (Å²) in [7, 11) is 1.96. The molecule has 1 fully saturated rings. The molecule has 0 aromatic carbocycles. The van der Waals surface area contributed by atoms with Crippen LogP contribution in [-0.2, 0) is 4.74 Å². The third-order valence-corrected chi connectivity index (χ3v) is 3.29. The lowest BCUT2D eigenvalue weighted by Gasteiger charge is -2.32. The van der Waals surface area contributed by atoms with Gasteiger partial charge in [-0.3, -0.25) is 0 Å². The minimum absolute atomic E-state index is 0.288. The van der Waals surface area contributed by atoms with Gasteiger partial charge in [-0.2, -0.15) is 0 Å². The van der Waals surface area contributed by atoms with E-state index in [9.17, 15) is 4.79 Å². The van der Waals surface area contributed by atoms with Crippen molar-refractivity contribution in [1.82, 2.24) is 4.98 Å². The number of rotatable bonds is 3. The largest absolute Gasteiger partial charge is 0.478 e. The third-order valence-electron chi connectivity index (χ3n) is 3.29. The Morgan fingerprint density at radius 3 is 2.72 bits per heavy atom. The maximum absolute atomic E-state index is 11.0. The van der Waals surface area contributed by atoms with E-state index in [0.29, 0.717) is 6.04 Å². The zero-order valence-corrected chi connectivity index (χ0v) is 10.7. The van der Waals surface area contributed by atoms with Crippen LogP contribution in [0.4, 0.5) is 5.82 Å². The lowest BCUT2D eigenvalue weighted by Crippen LogP contribution is -2.37. The molecular weight excluding hydrogens is 232 g/mol. The van der Waals surface area contributed by atoms with Crippen LogP contribution in [0.25, 0.3) is 0 Å². The molecule has 0 saturated carbocycles. The van der Waals surface area contributed by atoms with E-state index in [1.54, 1.807) is 12.1 Å². The lowest BCUT2D eigenvalue weighted by molar-refractivity contribution is 0.0696. The van der Waals surface area contributed by atoms with Crippen LogP contribution in [0, 0.1) is 6.92 Å². The summed E-state index contributed by atoms with van der Waals surface area (Å²) in [4.78, 5) is 17.5. The van der Waals surface area contributed by atoms with E-state index in [1.807, 2.05) is 14.0 Å². The second kappa shape index (κ2) is 5.35. The first-order valence-electron chi connectivity index (χ1n) is 6.10. The molecule has 18 heavy (non-hydrogen) atoms. The fourth-order valence-electron chi connectivity index (χ4n) is 2.21. The van der Waals surface area contributed by atoms with Gasteiger partial charge in [0.2, 0.25) is 0 Å². The number of carboxylic acid groups (broad SMARTS) is 1. The van der Waals surface area contributed by atoms with Gasteiger partial charge in [0, 0.05) is 32.0 Å². The maximum atomic E-state index is 11.0. The summed E-state index contributed by atoms with van der Waals surface area (Å²) >= 11 is 0. The van der Waals surface area contributed by atoms with Crippen molar-refractivity contribution in [3.63, 3.8) is 0 Å². The number of pyridine rings is 1. The van der Waals surface area contributed by atoms with Crippen molar-refractivity contribution in [3.8, 4) is 0 Å². The minimum atomic E-state index is -0.915. The van der Waals surface area contributed by atoms with Crippen molar-refractivity contribution in [2.45, 2.75) is 25.8 Å². The van der Waals surface area contributed by atoms with Crippen LogP contribution in [0.2, 0.25) is 0 Å². The Bertz CT molecular complexity index is 442. The van der Waals surface area contributed by atoms with Crippen molar-refractivity contribution in [2.75, 3.05) is 25.2 Å². The fourth-order valence-corrected chi connectivity index (χ4v) is 2.21. The van der Waals surface area contributed by atoms with Crippen LogP contribution in [0.3, 0.4) is 0 Å². The molecule has 1 aliphatic rings. The molecule has 0 radical (unpaired) electrons. The number of hydrogen-bond acceptors (Lipinski definition) is 4. The van der Waals surface area contributed by atoms with E-state index in [0.717, 1.165) is 37.6 Å². The van der Waals surface area contributed by atoms with Crippen LogP contribution in [0.1, 0.15) is 28.9 Å². The Labute approximate surface area is 106 Å². The average molecular weight is 250 g/mol. The van der Waals surface area contributed by atoms with E-state index in [2.05, 4.69) is 9.88 Å². The molecule has 0 aliphatic carbocycles. The van der Waals surface area contributed by atoms with Crippen LogP contribution in [0.15, 0.2) is 12.1 Å². The smallest absolute Gasteiger partial charge is 0.335 e. The third kappa shape index (κ3) is 2.79.